The Morgan fingerprint density at radius 3 is 1.84 bits per heavy atom. The highest BCUT2D eigenvalue weighted by Crippen LogP contribution is 2.30. The van der Waals surface area contributed by atoms with Gasteiger partial charge in [-0.15, -0.1) is 4.68 Å². The molecule has 0 aliphatic rings. The lowest BCUT2D eigenvalue weighted by atomic mass is 9.85. The van der Waals surface area contributed by atoms with Crippen molar-refractivity contribution in [2.45, 2.75) is 25.4 Å². The molecule has 4 heterocycles. The van der Waals surface area contributed by atoms with E-state index in [9.17, 15) is 13.2 Å². The zero-order valence-corrected chi connectivity index (χ0v) is 16.3. The van der Waals surface area contributed by atoms with E-state index in [0.29, 0.717) is 11.4 Å². The van der Waals surface area contributed by atoms with Crippen molar-refractivity contribution in [1.29, 1.82) is 0 Å². The molecule has 31 heavy (non-hydrogen) atoms. The molecule has 0 spiro atoms. The molecule has 0 saturated carbocycles. The van der Waals surface area contributed by atoms with Crippen LogP contribution in [0.15, 0.2) is 49.1 Å². The molecule has 12 heteroatoms. The largest absolute Gasteiger partial charge is 0.435 e. The van der Waals surface area contributed by atoms with Crippen LogP contribution in [0.2, 0.25) is 0 Å². The van der Waals surface area contributed by atoms with Crippen LogP contribution in [-0.4, -0.2) is 39.5 Å². The van der Waals surface area contributed by atoms with Gasteiger partial charge in [-0.25, -0.2) is 24.6 Å². The second-order valence-electron chi connectivity index (χ2n) is 6.98. The number of halogens is 3. The molecule has 0 aromatic carbocycles. The molecule has 4 rings (SSSR count). The fraction of sp³-hybridized carbons (Fsp3) is 0.211. The van der Waals surface area contributed by atoms with Crippen LogP contribution in [-0.2, 0) is 11.6 Å². The Morgan fingerprint density at radius 1 is 0.806 bits per heavy atom. The molecule has 0 aliphatic heterocycles. The summed E-state index contributed by atoms with van der Waals surface area (Å²) in [6.07, 6.45) is 1.19. The van der Waals surface area contributed by atoms with Crippen molar-refractivity contribution in [2.75, 3.05) is 0 Å². The first-order valence-corrected chi connectivity index (χ1v) is 8.92. The third-order valence-corrected chi connectivity index (χ3v) is 4.55. The maximum atomic E-state index is 12.9. The van der Waals surface area contributed by atoms with E-state index >= 15 is 0 Å². The Hall–Kier alpha value is -4.14. The highest BCUT2D eigenvalue weighted by molar-refractivity contribution is 5.36. The molecule has 0 bridgehead atoms. The van der Waals surface area contributed by atoms with Gasteiger partial charge >= 0.3 is 6.18 Å². The Labute approximate surface area is 174 Å². The molecule has 0 saturated heterocycles. The van der Waals surface area contributed by atoms with Crippen molar-refractivity contribution >= 4 is 5.82 Å². The summed E-state index contributed by atoms with van der Waals surface area (Å²) in [4.78, 5) is 20.4. The maximum absolute atomic E-state index is 12.9. The molecule has 4 aromatic heterocycles. The molecule has 0 N–H and O–H groups in total. The van der Waals surface area contributed by atoms with E-state index in [2.05, 4.69) is 35.0 Å². The summed E-state index contributed by atoms with van der Waals surface area (Å²) in [5.41, 5.74) is -0.656. The summed E-state index contributed by atoms with van der Waals surface area (Å²) in [6.45, 7) is 10.8. The monoisotopic (exact) mass is 425 g/mol. The molecular formula is C19H14F3N9. The van der Waals surface area contributed by atoms with E-state index < -0.39 is 17.3 Å². The van der Waals surface area contributed by atoms with Crippen LogP contribution < -0.4 is 0 Å². The number of aromatic nitrogens is 8. The van der Waals surface area contributed by atoms with Crippen molar-refractivity contribution in [2.24, 2.45) is 0 Å². The van der Waals surface area contributed by atoms with Crippen molar-refractivity contribution in [1.82, 2.24) is 39.5 Å². The van der Waals surface area contributed by atoms with Crippen molar-refractivity contribution in [3.8, 4) is 11.9 Å². The lowest BCUT2D eigenvalue weighted by molar-refractivity contribution is -0.141. The zero-order valence-electron chi connectivity index (χ0n) is 16.3. The van der Waals surface area contributed by atoms with E-state index in [1.54, 1.807) is 30.6 Å². The summed E-state index contributed by atoms with van der Waals surface area (Å²) in [5.74, 6) is 0.493. The van der Waals surface area contributed by atoms with Gasteiger partial charge in [0.15, 0.2) is 5.69 Å². The van der Waals surface area contributed by atoms with Gasteiger partial charge in [0.1, 0.15) is 0 Å². The van der Waals surface area contributed by atoms with Crippen LogP contribution in [0.25, 0.3) is 16.7 Å². The van der Waals surface area contributed by atoms with Crippen LogP contribution in [0, 0.1) is 6.57 Å². The van der Waals surface area contributed by atoms with Crippen LogP contribution >= 0.6 is 0 Å². The van der Waals surface area contributed by atoms with Gasteiger partial charge in [-0.3, -0.25) is 0 Å². The lowest BCUT2D eigenvalue weighted by Gasteiger charge is -2.23. The molecule has 9 nitrogen and oxygen atoms in total. The van der Waals surface area contributed by atoms with E-state index in [4.69, 9.17) is 6.57 Å². The van der Waals surface area contributed by atoms with E-state index in [1.165, 1.54) is 10.9 Å². The normalized spacial score (nSPS) is 12.0. The zero-order chi connectivity index (χ0) is 22.2. The minimum absolute atomic E-state index is 0.00382. The standard InChI is InChI=1S/C19H14F3N9/c1-18(2,13-5-9-25-17(27-13)31-11-7-15(23-3)29-31)12-4-8-24-16(26-12)30-10-6-14(28-30)19(20,21)22/h4-11H,1-2H3. The predicted molar refractivity (Wildman–Crippen MR) is 102 cm³/mol. The lowest BCUT2D eigenvalue weighted by Crippen LogP contribution is -2.24. The van der Waals surface area contributed by atoms with Gasteiger partial charge in [-0.2, -0.15) is 18.3 Å². The Morgan fingerprint density at radius 2 is 1.35 bits per heavy atom. The van der Waals surface area contributed by atoms with Gasteiger partial charge in [-0.1, -0.05) is 6.57 Å². The number of hydrogen-bond donors (Lipinski definition) is 0. The van der Waals surface area contributed by atoms with Gasteiger partial charge in [-0.05, 0) is 43.2 Å². The number of nitrogens with zero attached hydrogens (tertiary/aromatic N) is 9. The van der Waals surface area contributed by atoms with Gasteiger partial charge in [0.2, 0.25) is 0 Å². The van der Waals surface area contributed by atoms with Gasteiger partial charge < -0.3 is 4.85 Å². The van der Waals surface area contributed by atoms with Crippen molar-refractivity contribution < 1.29 is 13.2 Å². The molecule has 0 unspecified atom stereocenters. The highest BCUT2D eigenvalue weighted by atomic mass is 19.4. The van der Waals surface area contributed by atoms with Gasteiger partial charge in [0.05, 0.1) is 11.4 Å². The Bertz CT molecular complexity index is 1280. The molecule has 156 valence electrons. The smallest absolute Gasteiger partial charge is 0.359 e. The first-order valence-electron chi connectivity index (χ1n) is 8.92. The fourth-order valence-corrected chi connectivity index (χ4v) is 2.82. The predicted octanol–water partition coefficient (Wildman–Crippen LogP) is 3.53. The molecule has 0 amide bonds. The summed E-state index contributed by atoms with van der Waals surface area (Å²) >= 11 is 0. The average molecular weight is 425 g/mol. The summed E-state index contributed by atoms with van der Waals surface area (Å²) in [6, 6.07) is 5.77. The SMILES string of the molecule is [C-]#[N+]c1ccn(-c2nccc(C(C)(C)c3ccnc(-n4ccc(C(F)(F)F)n4)n3)n2)n1. The minimum atomic E-state index is -4.56. The van der Waals surface area contributed by atoms with Gasteiger partial charge in [0.25, 0.3) is 17.7 Å². The maximum Gasteiger partial charge on any atom is 0.435 e. The Balaban J connectivity index is 1.70. The van der Waals surface area contributed by atoms with E-state index in [1.807, 2.05) is 13.8 Å². The Kier molecular flexibility index (Phi) is 4.73. The first-order chi connectivity index (χ1) is 14.7. The number of rotatable bonds is 4. The second kappa shape index (κ2) is 7.28. The molecule has 0 atom stereocenters. The van der Waals surface area contributed by atoms with Gasteiger partial charge in [0, 0.05) is 30.2 Å². The molecule has 4 aromatic rings. The molecule has 0 radical (unpaired) electrons. The fourth-order valence-electron chi connectivity index (χ4n) is 2.82. The van der Waals surface area contributed by atoms with Crippen molar-refractivity contribution in [3.05, 3.63) is 77.6 Å². The third kappa shape index (κ3) is 3.85. The van der Waals surface area contributed by atoms with Crippen LogP contribution in [0.3, 0.4) is 0 Å². The van der Waals surface area contributed by atoms with E-state index in [-0.39, 0.29) is 17.7 Å². The first kappa shape index (κ1) is 20.1. The quantitative estimate of drug-likeness (QED) is 0.465. The molecular weight excluding hydrogens is 411 g/mol. The van der Waals surface area contributed by atoms with E-state index in [0.717, 1.165) is 16.9 Å². The minimum Gasteiger partial charge on any atom is -0.359 e. The van der Waals surface area contributed by atoms with Crippen LogP contribution in [0.4, 0.5) is 19.0 Å². The van der Waals surface area contributed by atoms with Crippen LogP contribution in [0.5, 0.6) is 0 Å². The topological polar surface area (TPSA) is 91.6 Å². The highest BCUT2D eigenvalue weighted by Gasteiger charge is 2.34. The average Bonchev–Trinajstić information content (AvgIpc) is 3.44. The van der Waals surface area contributed by atoms with Crippen LogP contribution in [0.1, 0.15) is 30.9 Å². The molecule has 0 aliphatic carbocycles. The third-order valence-electron chi connectivity index (χ3n) is 4.55. The summed E-state index contributed by atoms with van der Waals surface area (Å²) in [7, 11) is 0. The number of hydrogen-bond acceptors (Lipinski definition) is 6. The summed E-state index contributed by atoms with van der Waals surface area (Å²) < 4.78 is 40.9. The summed E-state index contributed by atoms with van der Waals surface area (Å²) in [5, 5.41) is 7.60. The number of alkyl halides is 3. The van der Waals surface area contributed by atoms with Crippen molar-refractivity contribution in [3.63, 3.8) is 0 Å². The molecule has 0 fully saturated rings. The second-order valence-corrected chi connectivity index (χ2v) is 6.98.